The number of halogens is 2. The number of nitrogens with one attached hydrogen (secondary N) is 1. The molecule has 0 aliphatic heterocycles. The summed E-state index contributed by atoms with van der Waals surface area (Å²) in [5.74, 6) is -1.64. The molecular weight excluding hydrogens is 426 g/mol. The van der Waals surface area contributed by atoms with Crippen molar-refractivity contribution in [3.8, 4) is 17.6 Å². The van der Waals surface area contributed by atoms with Gasteiger partial charge in [0.2, 0.25) is 5.76 Å². The second-order valence-corrected chi connectivity index (χ2v) is 6.19. The van der Waals surface area contributed by atoms with E-state index in [0.717, 1.165) is 6.08 Å². The quantitative estimate of drug-likeness (QED) is 0.413. The van der Waals surface area contributed by atoms with Crippen LogP contribution in [-0.4, -0.2) is 32.2 Å². The molecule has 0 aliphatic rings. The normalized spacial score (nSPS) is 10.8. The molecule has 0 saturated heterocycles. The first kappa shape index (κ1) is 22.3. The molecule has 1 heterocycles. The van der Waals surface area contributed by atoms with Crippen LogP contribution in [0.3, 0.4) is 0 Å². The lowest BCUT2D eigenvalue weighted by Gasteiger charge is -2.10. The van der Waals surface area contributed by atoms with E-state index in [-0.39, 0.29) is 22.9 Å². The molecule has 164 valence electrons. The number of hydrogen-bond acceptors (Lipinski definition) is 7. The predicted octanol–water partition coefficient (Wildman–Crippen LogP) is 4.11. The van der Waals surface area contributed by atoms with Crippen LogP contribution < -0.4 is 14.8 Å². The molecule has 1 N–H and O–H groups in total. The molecule has 3 rings (SSSR count). The number of alkyl halides is 2. The van der Waals surface area contributed by atoms with Gasteiger partial charge in [0, 0.05) is 11.5 Å². The van der Waals surface area contributed by atoms with Crippen molar-refractivity contribution in [2.24, 2.45) is 0 Å². The van der Waals surface area contributed by atoms with Gasteiger partial charge < -0.3 is 23.9 Å². The van der Waals surface area contributed by atoms with Crippen LogP contribution in [0.5, 0.6) is 11.5 Å². The lowest BCUT2D eigenvalue weighted by Crippen LogP contribution is -2.20. The Hall–Kier alpha value is -4.39. The monoisotopic (exact) mass is 442 g/mol. The number of fused-ring (bicyclic) bond motifs is 1. The number of esters is 1. The van der Waals surface area contributed by atoms with E-state index < -0.39 is 25.1 Å². The number of para-hydroxylation sites is 1. The Morgan fingerprint density at radius 1 is 1.22 bits per heavy atom. The molecule has 0 atom stereocenters. The summed E-state index contributed by atoms with van der Waals surface area (Å²) in [6.07, 6.45) is 2.41. The number of rotatable bonds is 8. The van der Waals surface area contributed by atoms with Gasteiger partial charge in [0.25, 0.3) is 5.91 Å². The zero-order chi connectivity index (χ0) is 23.1. The summed E-state index contributed by atoms with van der Waals surface area (Å²) in [7, 11) is 1.29. The number of anilines is 1. The minimum absolute atomic E-state index is 0.0563. The third kappa shape index (κ3) is 5.40. The van der Waals surface area contributed by atoms with Gasteiger partial charge in [-0.25, -0.2) is 4.79 Å². The summed E-state index contributed by atoms with van der Waals surface area (Å²) in [6.45, 7) is -3.60. The zero-order valence-corrected chi connectivity index (χ0v) is 16.6. The van der Waals surface area contributed by atoms with Gasteiger partial charge in [0.15, 0.2) is 18.1 Å². The molecule has 2 aromatic carbocycles. The Morgan fingerprint density at radius 2 is 2.00 bits per heavy atom. The molecule has 10 heteroatoms. The molecule has 0 aliphatic carbocycles. The number of carbonyl (C=O) groups excluding carboxylic acids is 2. The second-order valence-electron chi connectivity index (χ2n) is 6.19. The Labute approximate surface area is 180 Å². The van der Waals surface area contributed by atoms with Crippen molar-refractivity contribution in [2.75, 3.05) is 19.0 Å². The lowest BCUT2D eigenvalue weighted by molar-refractivity contribution is -0.142. The number of amides is 1. The second kappa shape index (κ2) is 10.1. The van der Waals surface area contributed by atoms with E-state index in [1.165, 1.54) is 31.4 Å². The minimum Gasteiger partial charge on any atom is -0.493 e. The number of furan rings is 1. The van der Waals surface area contributed by atoms with E-state index in [0.29, 0.717) is 16.5 Å². The first-order valence-corrected chi connectivity index (χ1v) is 9.10. The first-order valence-electron chi connectivity index (χ1n) is 9.10. The van der Waals surface area contributed by atoms with Crippen molar-refractivity contribution < 1.29 is 37.0 Å². The zero-order valence-electron chi connectivity index (χ0n) is 16.6. The number of hydrogen-bond donors (Lipinski definition) is 1. The molecule has 1 aromatic heterocycles. The summed E-state index contributed by atoms with van der Waals surface area (Å²) in [5.41, 5.74) is 1.07. The summed E-state index contributed by atoms with van der Waals surface area (Å²) in [6, 6.07) is 12.7. The maximum Gasteiger partial charge on any atom is 0.387 e. The lowest BCUT2D eigenvalue weighted by atomic mass is 10.2. The fraction of sp³-hybridized carbons (Fsp3) is 0.136. The molecular formula is C22H16F2N2O6. The third-order valence-corrected chi connectivity index (χ3v) is 4.12. The number of nitrogens with zero attached hydrogens (tertiary/aromatic N) is 1. The number of methoxy groups -OCH3 is 1. The van der Waals surface area contributed by atoms with Gasteiger partial charge in [-0.1, -0.05) is 18.2 Å². The fourth-order valence-electron chi connectivity index (χ4n) is 2.75. The van der Waals surface area contributed by atoms with E-state index in [1.807, 2.05) is 6.07 Å². The van der Waals surface area contributed by atoms with Crippen LogP contribution in [0.4, 0.5) is 14.5 Å². The van der Waals surface area contributed by atoms with Crippen molar-refractivity contribution in [1.82, 2.24) is 0 Å². The van der Waals surface area contributed by atoms with Gasteiger partial charge in [-0.05, 0) is 35.9 Å². The van der Waals surface area contributed by atoms with Crippen LogP contribution in [-0.2, 0) is 14.3 Å². The van der Waals surface area contributed by atoms with E-state index in [2.05, 4.69) is 10.1 Å². The average Bonchev–Trinajstić information content (AvgIpc) is 3.14. The Kier molecular flexibility index (Phi) is 7.02. The molecule has 0 fully saturated rings. The topological polar surface area (TPSA) is 111 Å². The molecule has 0 radical (unpaired) electrons. The minimum atomic E-state index is -3.00. The van der Waals surface area contributed by atoms with Crippen molar-refractivity contribution in [3.05, 3.63) is 59.9 Å². The summed E-state index contributed by atoms with van der Waals surface area (Å²) in [4.78, 5) is 24.1. The van der Waals surface area contributed by atoms with Crippen LogP contribution in [0.2, 0.25) is 0 Å². The highest BCUT2D eigenvalue weighted by atomic mass is 19.3. The van der Waals surface area contributed by atoms with Crippen LogP contribution in [0.15, 0.2) is 53.0 Å². The van der Waals surface area contributed by atoms with Crippen molar-refractivity contribution in [1.29, 1.82) is 5.26 Å². The third-order valence-electron chi connectivity index (χ3n) is 4.12. The summed E-state index contributed by atoms with van der Waals surface area (Å²) < 4.78 is 44.3. The van der Waals surface area contributed by atoms with Gasteiger partial charge in [-0.2, -0.15) is 14.0 Å². The molecule has 0 unspecified atom stereocenters. The van der Waals surface area contributed by atoms with Gasteiger partial charge in [-0.15, -0.1) is 0 Å². The predicted molar refractivity (Wildman–Crippen MR) is 109 cm³/mol. The van der Waals surface area contributed by atoms with Gasteiger partial charge in [-0.3, -0.25) is 4.79 Å². The van der Waals surface area contributed by atoms with Crippen molar-refractivity contribution in [2.45, 2.75) is 6.61 Å². The molecule has 8 nitrogen and oxygen atoms in total. The Morgan fingerprint density at radius 3 is 2.72 bits per heavy atom. The van der Waals surface area contributed by atoms with Crippen molar-refractivity contribution in [3.63, 3.8) is 0 Å². The number of ether oxygens (including phenoxy) is 3. The average molecular weight is 442 g/mol. The summed E-state index contributed by atoms with van der Waals surface area (Å²) in [5, 5.41) is 12.2. The standard InChI is InChI=1S/C22H16F2N2O6/c1-29-17-10-13(6-8-16(17)32-22(23)24)7-9-20(28)30-12-19(27)26-21-14-4-2-3-5-15(14)31-18(21)11-25/h2-10,22H,12H2,1H3,(H,26,27)/b9-7+. The SMILES string of the molecule is COc1cc(/C=C/C(=O)OCC(=O)Nc2c(C#N)oc3ccccc23)ccc1OC(F)F. The maximum atomic E-state index is 12.4. The largest absolute Gasteiger partial charge is 0.493 e. The molecule has 32 heavy (non-hydrogen) atoms. The molecule has 3 aromatic rings. The van der Waals surface area contributed by atoms with Gasteiger partial charge in [0.1, 0.15) is 17.3 Å². The van der Waals surface area contributed by atoms with Crippen LogP contribution in [0.1, 0.15) is 11.3 Å². The Balaban J connectivity index is 1.59. The van der Waals surface area contributed by atoms with E-state index in [9.17, 15) is 23.6 Å². The summed E-state index contributed by atoms with van der Waals surface area (Å²) >= 11 is 0. The first-order chi connectivity index (χ1) is 15.4. The van der Waals surface area contributed by atoms with Crippen LogP contribution >= 0.6 is 0 Å². The molecule has 1 amide bonds. The number of carbonyl (C=O) groups is 2. The number of nitriles is 1. The molecule has 0 saturated carbocycles. The number of benzene rings is 2. The highest BCUT2D eigenvalue weighted by Gasteiger charge is 2.17. The smallest absolute Gasteiger partial charge is 0.387 e. The molecule has 0 spiro atoms. The van der Waals surface area contributed by atoms with Crippen molar-refractivity contribution >= 4 is 34.6 Å². The Bertz CT molecular complexity index is 1210. The highest BCUT2D eigenvalue weighted by molar-refractivity contribution is 6.03. The fourth-order valence-corrected chi connectivity index (χ4v) is 2.75. The van der Waals surface area contributed by atoms with Gasteiger partial charge >= 0.3 is 12.6 Å². The highest BCUT2D eigenvalue weighted by Crippen LogP contribution is 2.31. The van der Waals surface area contributed by atoms with Gasteiger partial charge in [0.05, 0.1) is 7.11 Å². The van der Waals surface area contributed by atoms with Crippen LogP contribution in [0, 0.1) is 11.3 Å². The van der Waals surface area contributed by atoms with E-state index in [1.54, 1.807) is 24.3 Å². The van der Waals surface area contributed by atoms with Crippen LogP contribution in [0.25, 0.3) is 17.0 Å². The van der Waals surface area contributed by atoms with E-state index >= 15 is 0 Å². The van der Waals surface area contributed by atoms with E-state index in [4.69, 9.17) is 13.9 Å². The molecule has 0 bridgehead atoms. The maximum absolute atomic E-state index is 12.4.